The van der Waals surface area contributed by atoms with E-state index >= 15 is 0 Å². The first-order chi connectivity index (χ1) is 8.70. The average molecular weight is 306 g/mol. The molecule has 0 unspecified atom stereocenters. The van der Waals surface area contributed by atoms with Gasteiger partial charge in [-0.05, 0) is 0 Å². The van der Waals surface area contributed by atoms with Gasteiger partial charge in [-0.1, -0.05) is 0 Å². The van der Waals surface area contributed by atoms with Gasteiger partial charge in [-0.3, -0.25) is 0 Å². The van der Waals surface area contributed by atoms with Gasteiger partial charge in [0.2, 0.25) is 0 Å². The molecule has 90 valence electrons. The maximum atomic E-state index is 11.0. The van der Waals surface area contributed by atoms with Crippen LogP contribution in [0.1, 0.15) is 10.4 Å². The number of rotatable bonds is 4. The minimum absolute atomic E-state index is 0.0212. The SMILES string of the molecule is O=Cc1cc([N+](=O)[O-])ccc1[Se]c1ccccc1. The first kappa shape index (κ1) is 12.5. The molecule has 4 nitrogen and oxygen atoms in total. The summed E-state index contributed by atoms with van der Waals surface area (Å²) in [5, 5.41) is 10.6. The van der Waals surface area contributed by atoms with E-state index in [0.717, 1.165) is 8.92 Å². The molecular weight excluding hydrogens is 297 g/mol. The standard InChI is InChI=1S/C13H9NO3Se/c15-9-10-8-11(14(16)17)6-7-13(10)18-12-4-2-1-3-5-12/h1-9H. The number of nitrogens with zero attached hydrogens (tertiary/aromatic N) is 1. The van der Waals surface area contributed by atoms with Gasteiger partial charge in [-0.2, -0.15) is 0 Å². The fourth-order valence-corrected chi connectivity index (χ4v) is 3.36. The second-order valence-electron chi connectivity index (χ2n) is 3.51. The van der Waals surface area contributed by atoms with Crippen LogP contribution in [0.2, 0.25) is 0 Å². The van der Waals surface area contributed by atoms with Gasteiger partial charge in [-0.25, -0.2) is 0 Å². The summed E-state index contributed by atoms with van der Waals surface area (Å²) in [5.41, 5.74) is 0.345. The van der Waals surface area contributed by atoms with E-state index in [2.05, 4.69) is 0 Å². The van der Waals surface area contributed by atoms with Crippen LogP contribution in [0.4, 0.5) is 5.69 Å². The average Bonchev–Trinajstić information content (AvgIpc) is 2.40. The number of hydrogen-bond acceptors (Lipinski definition) is 3. The van der Waals surface area contributed by atoms with Gasteiger partial charge in [0.15, 0.2) is 0 Å². The van der Waals surface area contributed by atoms with Gasteiger partial charge in [0.25, 0.3) is 0 Å². The monoisotopic (exact) mass is 307 g/mol. The molecule has 0 saturated heterocycles. The second-order valence-corrected chi connectivity index (χ2v) is 5.85. The van der Waals surface area contributed by atoms with E-state index in [0.29, 0.717) is 11.8 Å². The third-order valence-corrected chi connectivity index (χ3v) is 4.61. The van der Waals surface area contributed by atoms with E-state index in [9.17, 15) is 14.9 Å². The topological polar surface area (TPSA) is 60.2 Å². The summed E-state index contributed by atoms with van der Waals surface area (Å²) in [6.45, 7) is 0. The Kier molecular flexibility index (Phi) is 3.87. The summed E-state index contributed by atoms with van der Waals surface area (Å²) in [4.78, 5) is 21.1. The molecular formula is C13H9NO3Se. The molecule has 0 heterocycles. The summed E-state index contributed by atoms with van der Waals surface area (Å²) in [7, 11) is 0. The van der Waals surface area contributed by atoms with Crippen LogP contribution in [-0.4, -0.2) is 26.2 Å². The number of hydrogen-bond donors (Lipinski definition) is 0. The van der Waals surface area contributed by atoms with Crippen LogP contribution >= 0.6 is 0 Å². The molecule has 2 aromatic carbocycles. The van der Waals surface area contributed by atoms with E-state index in [1.807, 2.05) is 30.3 Å². The number of carbonyl (C=O) groups excluding carboxylic acids is 1. The third kappa shape index (κ3) is 2.83. The van der Waals surface area contributed by atoms with Gasteiger partial charge in [0, 0.05) is 0 Å². The van der Waals surface area contributed by atoms with Crippen LogP contribution in [0.3, 0.4) is 0 Å². The van der Waals surface area contributed by atoms with Crippen LogP contribution in [-0.2, 0) is 0 Å². The van der Waals surface area contributed by atoms with Crippen molar-refractivity contribution in [1.82, 2.24) is 0 Å². The molecule has 5 heteroatoms. The Balaban J connectivity index is 2.34. The predicted molar refractivity (Wildman–Crippen MR) is 69.9 cm³/mol. The van der Waals surface area contributed by atoms with Crippen molar-refractivity contribution in [2.45, 2.75) is 0 Å². The molecule has 0 saturated carbocycles. The fourth-order valence-electron chi connectivity index (χ4n) is 1.45. The van der Waals surface area contributed by atoms with E-state index < -0.39 is 4.92 Å². The van der Waals surface area contributed by atoms with Crippen molar-refractivity contribution >= 4 is 35.9 Å². The number of nitro groups is 1. The molecule has 0 fully saturated rings. The van der Waals surface area contributed by atoms with Gasteiger partial charge >= 0.3 is 110 Å². The van der Waals surface area contributed by atoms with Crippen molar-refractivity contribution in [1.29, 1.82) is 0 Å². The van der Waals surface area contributed by atoms with Crippen molar-refractivity contribution in [2.24, 2.45) is 0 Å². The van der Waals surface area contributed by atoms with Crippen LogP contribution in [0.15, 0.2) is 48.5 Å². The molecule has 0 amide bonds. The van der Waals surface area contributed by atoms with Gasteiger partial charge in [0.1, 0.15) is 0 Å². The van der Waals surface area contributed by atoms with Gasteiger partial charge < -0.3 is 0 Å². The Labute approximate surface area is 110 Å². The Morgan fingerprint density at radius 1 is 1.11 bits per heavy atom. The van der Waals surface area contributed by atoms with Crippen LogP contribution in [0.25, 0.3) is 0 Å². The Hall–Kier alpha value is -1.97. The number of carbonyl (C=O) groups is 1. The first-order valence-electron chi connectivity index (χ1n) is 5.17. The quantitative estimate of drug-likeness (QED) is 0.367. The molecule has 0 radical (unpaired) electrons. The van der Waals surface area contributed by atoms with Gasteiger partial charge in [0.05, 0.1) is 0 Å². The Morgan fingerprint density at radius 3 is 2.44 bits per heavy atom. The van der Waals surface area contributed by atoms with E-state index in [4.69, 9.17) is 0 Å². The van der Waals surface area contributed by atoms with Gasteiger partial charge in [-0.15, -0.1) is 0 Å². The fraction of sp³-hybridized carbons (Fsp3) is 0. The molecule has 2 rings (SSSR count). The van der Waals surface area contributed by atoms with Crippen molar-refractivity contribution in [3.63, 3.8) is 0 Å². The molecule has 0 aliphatic heterocycles. The summed E-state index contributed by atoms with van der Waals surface area (Å²) in [6, 6.07) is 14.2. The van der Waals surface area contributed by atoms with Crippen molar-refractivity contribution in [3.8, 4) is 0 Å². The zero-order valence-electron chi connectivity index (χ0n) is 9.28. The number of benzene rings is 2. The normalized spacial score (nSPS) is 10.0. The Morgan fingerprint density at radius 2 is 1.83 bits per heavy atom. The zero-order chi connectivity index (χ0) is 13.0. The molecule has 0 spiro atoms. The summed E-state index contributed by atoms with van der Waals surface area (Å²) in [5.74, 6) is 0. The third-order valence-electron chi connectivity index (χ3n) is 2.30. The minimum atomic E-state index is -0.494. The zero-order valence-corrected chi connectivity index (χ0v) is 11.0. The van der Waals surface area contributed by atoms with Crippen molar-refractivity contribution < 1.29 is 9.72 Å². The van der Waals surface area contributed by atoms with Crippen molar-refractivity contribution in [3.05, 3.63) is 64.2 Å². The molecule has 0 N–H and O–H groups in total. The number of non-ortho nitro benzene ring substituents is 1. The molecule has 2 aromatic rings. The van der Waals surface area contributed by atoms with Crippen LogP contribution in [0.5, 0.6) is 0 Å². The first-order valence-corrected chi connectivity index (χ1v) is 6.88. The van der Waals surface area contributed by atoms with E-state index in [1.165, 1.54) is 12.1 Å². The van der Waals surface area contributed by atoms with E-state index in [-0.39, 0.29) is 20.6 Å². The number of aldehydes is 1. The summed E-state index contributed by atoms with van der Waals surface area (Å²) in [6.07, 6.45) is 0.674. The molecule has 18 heavy (non-hydrogen) atoms. The van der Waals surface area contributed by atoms with Crippen LogP contribution < -0.4 is 8.92 Å². The molecule has 0 atom stereocenters. The van der Waals surface area contributed by atoms with Crippen molar-refractivity contribution in [2.75, 3.05) is 0 Å². The number of nitro benzene ring substituents is 1. The molecule has 0 aromatic heterocycles. The molecule has 0 aliphatic rings. The predicted octanol–water partition coefficient (Wildman–Crippen LogP) is 1.06. The summed E-state index contributed by atoms with van der Waals surface area (Å²) >= 11 is -0.0212. The molecule has 0 bridgehead atoms. The second kappa shape index (κ2) is 5.58. The maximum absolute atomic E-state index is 11.0. The summed E-state index contributed by atoms with van der Waals surface area (Å²) < 4.78 is 1.98. The Bertz CT molecular complexity index is 584. The molecule has 0 aliphatic carbocycles. The van der Waals surface area contributed by atoms with Crippen LogP contribution in [0, 0.1) is 10.1 Å². The van der Waals surface area contributed by atoms with E-state index in [1.54, 1.807) is 6.07 Å².